The molecular formula is C12H18N2O4S2. The lowest BCUT2D eigenvalue weighted by Gasteiger charge is -2.11. The lowest BCUT2D eigenvalue weighted by molar-refractivity contribution is 0.581. The summed E-state index contributed by atoms with van der Waals surface area (Å²) in [5.41, 5.74) is 0.351. The molecule has 0 spiro atoms. The number of anilines is 1. The first kappa shape index (κ1) is 15.3. The molecule has 0 unspecified atom stereocenters. The summed E-state index contributed by atoms with van der Waals surface area (Å²) < 4.78 is 52.2. The smallest absolute Gasteiger partial charge is 0.240 e. The zero-order chi connectivity index (χ0) is 15.0. The van der Waals surface area contributed by atoms with E-state index in [1.807, 2.05) is 0 Å². The van der Waals surface area contributed by atoms with Gasteiger partial charge < -0.3 is 0 Å². The van der Waals surface area contributed by atoms with Gasteiger partial charge in [0.15, 0.2) is 0 Å². The summed E-state index contributed by atoms with van der Waals surface area (Å²) in [7, 11) is -6.92. The molecule has 1 aliphatic rings. The van der Waals surface area contributed by atoms with Crippen LogP contribution in [-0.4, -0.2) is 28.1 Å². The molecule has 0 saturated heterocycles. The molecule has 20 heavy (non-hydrogen) atoms. The molecule has 112 valence electrons. The minimum atomic E-state index is -3.50. The number of rotatable bonds is 6. The van der Waals surface area contributed by atoms with Crippen LogP contribution in [0.3, 0.4) is 0 Å². The van der Waals surface area contributed by atoms with Gasteiger partial charge in [-0.2, -0.15) is 0 Å². The van der Waals surface area contributed by atoms with Gasteiger partial charge in [-0.15, -0.1) is 0 Å². The minimum absolute atomic E-state index is 0.0409. The summed E-state index contributed by atoms with van der Waals surface area (Å²) in [4.78, 5) is 0.136. The molecule has 0 aliphatic heterocycles. The van der Waals surface area contributed by atoms with Gasteiger partial charge in [-0.1, -0.05) is 0 Å². The molecule has 0 amide bonds. The van der Waals surface area contributed by atoms with Crippen LogP contribution in [0.25, 0.3) is 0 Å². The molecule has 0 radical (unpaired) electrons. The molecule has 1 saturated carbocycles. The standard InChI is InChI=1S/C12H18N2O4S2/c1-9(2)19(15,16)13-11-5-7-12(8-6-11)20(17,18)14-10-3-4-10/h5-10,13-14H,3-4H2,1-2H3. The van der Waals surface area contributed by atoms with Gasteiger partial charge in [-0.3, -0.25) is 4.72 Å². The summed E-state index contributed by atoms with van der Waals surface area (Å²) in [6.45, 7) is 3.14. The third kappa shape index (κ3) is 3.71. The van der Waals surface area contributed by atoms with Gasteiger partial charge in [0.25, 0.3) is 0 Å². The predicted molar refractivity (Wildman–Crippen MR) is 77.5 cm³/mol. The van der Waals surface area contributed by atoms with Crippen LogP contribution in [0.5, 0.6) is 0 Å². The fraction of sp³-hybridized carbons (Fsp3) is 0.500. The Labute approximate surface area is 119 Å². The summed E-state index contributed by atoms with van der Waals surface area (Å²) in [5, 5.41) is -0.553. The molecule has 1 fully saturated rings. The van der Waals surface area contributed by atoms with E-state index in [4.69, 9.17) is 0 Å². The largest absolute Gasteiger partial charge is 0.283 e. The van der Waals surface area contributed by atoms with E-state index in [2.05, 4.69) is 9.44 Å². The quantitative estimate of drug-likeness (QED) is 0.826. The fourth-order valence-corrected chi connectivity index (χ4v) is 3.48. The normalized spacial score (nSPS) is 16.4. The monoisotopic (exact) mass is 318 g/mol. The van der Waals surface area contributed by atoms with Gasteiger partial charge in [0.2, 0.25) is 20.0 Å². The Morgan fingerprint density at radius 2 is 1.60 bits per heavy atom. The van der Waals surface area contributed by atoms with Crippen molar-refractivity contribution in [1.82, 2.24) is 4.72 Å². The maximum absolute atomic E-state index is 11.9. The first-order chi connectivity index (χ1) is 9.21. The van der Waals surface area contributed by atoms with Crippen LogP contribution in [0.15, 0.2) is 29.2 Å². The second-order valence-corrected chi connectivity index (χ2v) is 9.07. The Hall–Kier alpha value is -1.12. The molecule has 0 heterocycles. The van der Waals surface area contributed by atoms with Gasteiger partial charge in [0.05, 0.1) is 10.1 Å². The van der Waals surface area contributed by atoms with Crippen LogP contribution in [0.1, 0.15) is 26.7 Å². The van der Waals surface area contributed by atoms with Crippen LogP contribution in [0, 0.1) is 0 Å². The van der Waals surface area contributed by atoms with E-state index >= 15 is 0 Å². The van der Waals surface area contributed by atoms with E-state index in [-0.39, 0.29) is 10.9 Å². The topological polar surface area (TPSA) is 92.3 Å². The summed E-state index contributed by atoms with van der Waals surface area (Å²) >= 11 is 0. The van der Waals surface area contributed by atoms with Crippen molar-refractivity contribution in [3.05, 3.63) is 24.3 Å². The van der Waals surface area contributed by atoms with Crippen LogP contribution in [0.4, 0.5) is 5.69 Å². The van der Waals surface area contributed by atoms with Crippen molar-refractivity contribution in [2.45, 2.75) is 42.9 Å². The Morgan fingerprint density at radius 1 is 1.05 bits per heavy atom. The molecule has 8 heteroatoms. The van der Waals surface area contributed by atoms with Crippen LogP contribution in [0.2, 0.25) is 0 Å². The van der Waals surface area contributed by atoms with Gasteiger partial charge in [-0.05, 0) is 51.0 Å². The lowest BCUT2D eigenvalue weighted by Crippen LogP contribution is -2.25. The third-order valence-corrected chi connectivity index (χ3v) is 6.24. The van der Waals surface area contributed by atoms with Crippen molar-refractivity contribution in [2.24, 2.45) is 0 Å². The molecule has 0 aromatic heterocycles. The number of hydrogen-bond donors (Lipinski definition) is 2. The van der Waals surface area contributed by atoms with Crippen molar-refractivity contribution in [1.29, 1.82) is 0 Å². The molecule has 1 aromatic rings. The Morgan fingerprint density at radius 3 is 2.05 bits per heavy atom. The SMILES string of the molecule is CC(C)S(=O)(=O)Nc1ccc(S(=O)(=O)NC2CC2)cc1. The van der Waals surface area contributed by atoms with E-state index in [1.165, 1.54) is 24.3 Å². The molecule has 2 N–H and O–H groups in total. The number of benzene rings is 1. The number of sulfonamides is 2. The number of hydrogen-bond acceptors (Lipinski definition) is 4. The van der Waals surface area contributed by atoms with Crippen molar-refractivity contribution < 1.29 is 16.8 Å². The predicted octanol–water partition coefficient (Wildman–Crippen LogP) is 1.28. The first-order valence-electron chi connectivity index (χ1n) is 6.35. The molecule has 2 rings (SSSR count). The summed E-state index contributed by atoms with van der Waals surface area (Å²) in [6.07, 6.45) is 1.73. The van der Waals surface area contributed by atoms with E-state index in [0.29, 0.717) is 5.69 Å². The van der Waals surface area contributed by atoms with Crippen molar-refractivity contribution in [2.75, 3.05) is 4.72 Å². The van der Waals surface area contributed by atoms with Crippen LogP contribution >= 0.6 is 0 Å². The highest BCUT2D eigenvalue weighted by Gasteiger charge is 2.27. The highest BCUT2D eigenvalue weighted by atomic mass is 32.2. The van der Waals surface area contributed by atoms with Crippen molar-refractivity contribution in [3.63, 3.8) is 0 Å². The number of nitrogens with one attached hydrogen (secondary N) is 2. The van der Waals surface area contributed by atoms with Crippen molar-refractivity contribution in [3.8, 4) is 0 Å². The molecule has 0 bridgehead atoms. The van der Waals surface area contributed by atoms with Gasteiger partial charge in [0.1, 0.15) is 0 Å². The van der Waals surface area contributed by atoms with Gasteiger partial charge >= 0.3 is 0 Å². The van der Waals surface area contributed by atoms with E-state index in [0.717, 1.165) is 12.8 Å². The Bertz CT molecular complexity index is 675. The molecule has 6 nitrogen and oxygen atoms in total. The highest BCUT2D eigenvalue weighted by molar-refractivity contribution is 7.93. The minimum Gasteiger partial charge on any atom is -0.283 e. The lowest BCUT2D eigenvalue weighted by atomic mass is 10.3. The third-order valence-electron chi connectivity index (χ3n) is 2.94. The van der Waals surface area contributed by atoms with Crippen LogP contribution in [-0.2, 0) is 20.0 Å². The highest BCUT2D eigenvalue weighted by Crippen LogP contribution is 2.23. The zero-order valence-corrected chi connectivity index (χ0v) is 13.0. The average molecular weight is 318 g/mol. The van der Waals surface area contributed by atoms with E-state index < -0.39 is 25.3 Å². The Kier molecular flexibility index (Phi) is 4.08. The molecule has 1 aliphatic carbocycles. The average Bonchev–Trinajstić information content (AvgIpc) is 3.12. The first-order valence-corrected chi connectivity index (χ1v) is 9.38. The van der Waals surface area contributed by atoms with Gasteiger partial charge in [0, 0.05) is 11.7 Å². The zero-order valence-electron chi connectivity index (χ0n) is 11.3. The maximum atomic E-state index is 11.9. The molecular weight excluding hydrogens is 300 g/mol. The fourth-order valence-electron chi connectivity index (χ4n) is 1.47. The van der Waals surface area contributed by atoms with E-state index in [9.17, 15) is 16.8 Å². The molecule has 1 aromatic carbocycles. The summed E-state index contributed by atoms with van der Waals surface area (Å²) in [6, 6.07) is 5.72. The summed E-state index contributed by atoms with van der Waals surface area (Å²) in [5.74, 6) is 0. The van der Waals surface area contributed by atoms with Crippen LogP contribution < -0.4 is 9.44 Å². The van der Waals surface area contributed by atoms with E-state index in [1.54, 1.807) is 13.8 Å². The van der Waals surface area contributed by atoms with Gasteiger partial charge in [-0.25, -0.2) is 21.6 Å². The second-order valence-electron chi connectivity index (χ2n) is 5.12. The molecule has 0 atom stereocenters. The second kappa shape index (κ2) is 5.34. The Balaban J connectivity index is 2.14. The maximum Gasteiger partial charge on any atom is 0.240 e. The van der Waals surface area contributed by atoms with Crippen molar-refractivity contribution >= 4 is 25.7 Å².